The van der Waals surface area contributed by atoms with Crippen LogP contribution in [-0.4, -0.2) is 81.8 Å². The number of aliphatic carboxylic acids is 1. The molecular formula is C24H31N3O5. The van der Waals surface area contributed by atoms with Crippen molar-refractivity contribution in [3.05, 3.63) is 36.5 Å². The van der Waals surface area contributed by atoms with Gasteiger partial charge in [-0.3, -0.25) is 19.5 Å². The van der Waals surface area contributed by atoms with Crippen LogP contribution in [0.2, 0.25) is 0 Å². The Labute approximate surface area is 187 Å². The molecule has 2 aliphatic rings. The number of nitrogens with zero attached hydrogens (tertiary/aromatic N) is 3. The van der Waals surface area contributed by atoms with Gasteiger partial charge < -0.3 is 19.8 Å². The number of hydrogen-bond acceptors (Lipinski definition) is 6. The fourth-order valence-electron chi connectivity index (χ4n) is 4.76. The Morgan fingerprint density at radius 3 is 2.69 bits per heavy atom. The molecule has 2 unspecified atom stereocenters. The molecule has 2 atom stereocenters. The quantitative estimate of drug-likeness (QED) is 0.679. The van der Waals surface area contributed by atoms with Crippen LogP contribution in [0.3, 0.4) is 0 Å². The molecule has 8 nitrogen and oxygen atoms in total. The van der Waals surface area contributed by atoms with Gasteiger partial charge in [0.2, 0.25) is 5.91 Å². The van der Waals surface area contributed by atoms with Crippen molar-refractivity contribution in [3.8, 4) is 5.75 Å². The second-order valence-electron chi connectivity index (χ2n) is 8.74. The van der Waals surface area contributed by atoms with Crippen LogP contribution in [0.25, 0.3) is 10.9 Å². The van der Waals surface area contributed by atoms with Crippen molar-refractivity contribution >= 4 is 22.8 Å². The lowest BCUT2D eigenvalue weighted by atomic mass is 9.95. The van der Waals surface area contributed by atoms with Gasteiger partial charge in [0, 0.05) is 31.2 Å². The van der Waals surface area contributed by atoms with Gasteiger partial charge in [0.25, 0.3) is 0 Å². The van der Waals surface area contributed by atoms with E-state index < -0.39 is 12.1 Å². The topological polar surface area (TPSA) is 103 Å². The summed E-state index contributed by atoms with van der Waals surface area (Å²) in [6.45, 7) is 2.24. The summed E-state index contributed by atoms with van der Waals surface area (Å²) >= 11 is 0. The van der Waals surface area contributed by atoms with Gasteiger partial charge in [0.05, 0.1) is 17.5 Å². The monoisotopic (exact) mass is 441 g/mol. The third-order valence-corrected chi connectivity index (χ3v) is 6.54. The molecular weight excluding hydrogens is 410 g/mol. The smallest absolute Gasteiger partial charge is 0.306 e. The summed E-state index contributed by atoms with van der Waals surface area (Å²) in [5.41, 5.74) is 0.841. The predicted molar refractivity (Wildman–Crippen MR) is 119 cm³/mol. The van der Waals surface area contributed by atoms with E-state index in [1.807, 2.05) is 30.3 Å². The average molecular weight is 442 g/mol. The highest BCUT2D eigenvalue weighted by molar-refractivity contribution is 5.84. The lowest BCUT2D eigenvalue weighted by Crippen LogP contribution is -2.54. The number of aliphatic hydroxyl groups is 1. The number of benzene rings is 1. The van der Waals surface area contributed by atoms with Gasteiger partial charge in [-0.05, 0) is 56.5 Å². The highest BCUT2D eigenvalue weighted by Gasteiger charge is 2.35. The van der Waals surface area contributed by atoms with Crippen molar-refractivity contribution in [2.75, 3.05) is 32.8 Å². The fourth-order valence-corrected chi connectivity index (χ4v) is 4.76. The lowest BCUT2D eigenvalue weighted by Gasteiger charge is -2.40. The lowest BCUT2D eigenvalue weighted by molar-refractivity contribution is -0.148. The van der Waals surface area contributed by atoms with Crippen LogP contribution in [0.5, 0.6) is 5.75 Å². The minimum Gasteiger partial charge on any atom is -0.490 e. The summed E-state index contributed by atoms with van der Waals surface area (Å²) < 4.78 is 5.90. The molecule has 32 heavy (non-hydrogen) atoms. The van der Waals surface area contributed by atoms with E-state index >= 15 is 0 Å². The van der Waals surface area contributed by atoms with E-state index in [1.165, 1.54) is 0 Å². The van der Waals surface area contributed by atoms with Crippen molar-refractivity contribution < 1.29 is 24.5 Å². The van der Waals surface area contributed by atoms with Crippen molar-refractivity contribution in [3.63, 3.8) is 0 Å². The third kappa shape index (κ3) is 5.19. The minimum atomic E-state index is -0.776. The van der Waals surface area contributed by atoms with Crippen molar-refractivity contribution in [2.45, 2.75) is 44.2 Å². The SMILES string of the molecule is O=C(O)C1CCN(C(=O)C2CCCCN2CC(O)COc2cccc3ncccc23)CC1. The number of amides is 1. The summed E-state index contributed by atoms with van der Waals surface area (Å²) in [6, 6.07) is 9.20. The molecule has 4 rings (SSSR count). The molecule has 0 spiro atoms. The summed E-state index contributed by atoms with van der Waals surface area (Å²) in [5.74, 6) is -0.393. The maximum Gasteiger partial charge on any atom is 0.306 e. The largest absolute Gasteiger partial charge is 0.490 e. The Balaban J connectivity index is 1.33. The normalized spacial score (nSPS) is 21.4. The maximum absolute atomic E-state index is 13.2. The number of aromatic nitrogens is 1. The molecule has 0 radical (unpaired) electrons. The highest BCUT2D eigenvalue weighted by Crippen LogP contribution is 2.25. The van der Waals surface area contributed by atoms with Gasteiger partial charge in [-0.25, -0.2) is 0 Å². The van der Waals surface area contributed by atoms with Crippen LogP contribution < -0.4 is 4.74 Å². The molecule has 3 heterocycles. The van der Waals surface area contributed by atoms with Gasteiger partial charge in [-0.1, -0.05) is 12.5 Å². The molecule has 1 aromatic heterocycles. The molecule has 8 heteroatoms. The number of likely N-dealkylation sites (tertiary alicyclic amines) is 2. The van der Waals surface area contributed by atoms with Crippen LogP contribution in [0.15, 0.2) is 36.5 Å². The summed E-state index contributed by atoms with van der Waals surface area (Å²) in [6.07, 6.45) is 4.75. The van der Waals surface area contributed by atoms with E-state index in [0.29, 0.717) is 38.2 Å². The first-order valence-corrected chi connectivity index (χ1v) is 11.4. The Morgan fingerprint density at radius 2 is 1.91 bits per heavy atom. The van der Waals surface area contributed by atoms with Crippen LogP contribution >= 0.6 is 0 Å². The number of β-amino-alcohol motifs (C(OH)–C–C–N with tert-alkyl or cyclic N) is 1. The first-order chi connectivity index (χ1) is 15.5. The molecule has 2 aliphatic heterocycles. The van der Waals surface area contributed by atoms with E-state index in [4.69, 9.17) is 4.74 Å². The number of carbonyl (C=O) groups is 2. The van der Waals surface area contributed by atoms with E-state index in [0.717, 1.165) is 36.7 Å². The number of pyridine rings is 1. The molecule has 2 fully saturated rings. The molecule has 0 aliphatic carbocycles. The average Bonchev–Trinajstić information content (AvgIpc) is 2.82. The van der Waals surface area contributed by atoms with Crippen molar-refractivity contribution in [2.24, 2.45) is 5.92 Å². The van der Waals surface area contributed by atoms with Gasteiger partial charge in [0.15, 0.2) is 0 Å². The zero-order valence-electron chi connectivity index (χ0n) is 18.2. The molecule has 1 aromatic carbocycles. The zero-order valence-corrected chi connectivity index (χ0v) is 18.2. The highest BCUT2D eigenvalue weighted by atomic mass is 16.5. The number of fused-ring (bicyclic) bond motifs is 1. The molecule has 172 valence electrons. The van der Waals surface area contributed by atoms with E-state index in [2.05, 4.69) is 9.88 Å². The first kappa shape index (κ1) is 22.5. The first-order valence-electron chi connectivity index (χ1n) is 11.4. The number of ether oxygens (including phenoxy) is 1. The van der Waals surface area contributed by atoms with Gasteiger partial charge >= 0.3 is 5.97 Å². The van der Waals surface area contributed by atoms with Crippen LogP contribution in [0.1, 0.15) is 32.1 Å². The Bertz CT molecular complexity index is 939. The van der Waals surface area contributed by atoms with E-state index in [9.17, 15) is 19.8 Å². The number of aliphatic hydroxyl groups excluding tert-OH is 1. The molecule has 0 bridgehead atoms. The Hall–Kier alpha value is -2.71. The van der Waals surface area contributed by atoms with E-state index in [1.54, 1.807) is 11.1 Å². The van der Waals surface area contributed by atoms with Gasteiger partial charge in [-0.2, -0.15) is 0 Å². The number of carbonyl (C=O) groups excluding carboxylic acids is 1. The minimum absolute atomic E-state index is 0.0572. The molecule has 0 saturated carbocycles. The van der Waals surface area contributed by atoms with Gasteiger partial charge in [0.1, 0.15) is 18.5 Å². The number of piperidine rings is 2. The number of carboxylic acid groups (broad SMARTS) is 1. The molecule has 2 aromatic rings. The second kappa shape index (κ2) is 10.3. The predicted octanol–water partition coefficient (Wildman–Crippen LogP) is 2.15. The van der Waals surface area contributed by atoms with Crippen LogP contribution in [0.4, 0.5) is 0 Å². The number of hydrogen-bond donors (Lipinski definition) is 2. The van der Waals surface area contributed by atoms with Gasteiger partial charge in [-0.15, -0.1) is 0 Å². The number of rotatable bonds is 7. The van der Waals surface area contributed by atoms with E-state index in [-0.39, 0.29) is 24.5 Å². The fraction of sp³-hybridized carbons (Fsp3) is 0.542. The van der Waals surface area contributed by atoms with Crippen LogP contribution in [-0.2, 0) is 9.59 Å². The molecule has 2 saturated heterocycles. The third-order valence-electron chi connectivity index (χ3n) is 6.54. The molecule has 1 amide bonds. The number of carboxylic acids is 1. The summed E-state index contributed by atoms with van der Waals surface area (Å²) in [5, 5.41) is 20.8. The van der Waals surface area contributed by atoms with Crippen LogP contribution in [0, 0.1) is 5.92 Å². The molecule has 2 N–H and O–H groups in total. The van der Waals surface area contributed by atoms with Crippen molar-refractivity contribution in [1.82, 2.24) is 14.8 Å². The standard InChI is InChI=1S/C24H31N3O5/c28-18(16-32-22-8-3-6-20-19(22)5-4-11-25-20)15-27-12-2-1-7-21(27)23(29)26-13-9-17(10-14-26)24(30)31/h3-6,8,11,17-18,21,28H,1-2,7,9-10,12-16H2,(H,30,31). The summed E-state index contributed by atoms with van der Waals surface area (Å²) in [4.78, 5) is 32.5. The Kier molecular flexibility index (Phi) is 7.22. The second-order valence-corrected chi connectivity index (χ2v) is 8.74. The maximum atomic E-state index is 13.2. The zero-order chi connectivity index (χ0) is 22.5. The summed E-state index contributed by atoms with van der Waals surface area (Å²) in [7, 11) is 0. The Morgan fingerprint density at radius 1 is 1.09 bits per heavy atom. The van der Waals surface area contributed by atoms with Crippen molar-refractivity contribution in [1.29, 1.82) is 0 Å².